The van der Waals surface area contributed by atoms with Crippen LogP contribution in [0.3, 0.4) is 0 Å². The minimum Gasteiger partial charge on any atom is -0.371 e. The van der Waals surface area contributed by atoms with Crippen molar-refractivity contribution in [3.63, 3.8) is 0 Å². The van der Waals surface area contributed by atoms with Crippen LogP contribution in [0.15, 0.2) is 49.4 Å². The lowest BCUT2D eigenvalue weighted by atomic mass is 9.85. The molecule has 1 saturated heterocycles. The molecular formula is C28H32N8O2. The van der Waals surface area contributed by atoms with E-state index in [9.17, 15) is 14.9 Å². The van der Waals surface area contributed by atoms with Gasteiger partial charge in [0.15, 0.2) is 0 Å². The standard InChI is InChI=1S/C28H32N8O2/c1-27(2,3)24(34-17-11-31-15-32-12-17)26(38)36-14-19-21(28(19,4)5)23(36)25(37)35-20(9-29)18-13-30-10-16-7-6-8-33-22(16)18/h6-8,10-13,15,19-21,23-24,34H,14H2,1-5H3,(H,35,37)/t19-,20?,21-,23-,24+/m0/s1. The van der Waals surface area contributed by atoms with Gasteiger partial charge in [0.1, 0.15) is 24.5 Å². The summed E-state index contributed by atoms with van der Waals surface area (Å²) >= 11 is 0. The first-order valence-corrected chi connectivity index (χ1v) is 12.7. The van der Waals surface area contributed by atoms with E-state index in [4.69, 9.17) is 0 Å². The number of likely N-dealkylation sites (tertiary alicyclic amines) is 1. The largest absolute Gasteiger partial charge is 0.371 e. The van der Waals surface area contributed by atoms with E-state index in [1.807, 2.05) is 26.8 Å². The maximum absolute atomic E-state index is 14.0. The van der Waals surface area contributed by atoms with Gasteiger partial charge in [-0.1, -0.05) is 34.6 Å². The molecule has 1 aliphatic carbocycles. The summed E-state index contributed by atoms with van der Waals surface area (Å²) in [7, 11) is 0. The summed E-state index contributed by atoms with van der Waals surface area (Å²) in [6.07, 6.45) is 9.56. The monoisotopic (exact) mass is 512 g/mol. The van der Waals surface area contributed by atoms with E-state index < -0.39 is 23.5 Å². The molecule has 2 N–H and O–H groups in total. The second-order valence-corrected chi connectivity index (χ2v) is 11.8. The first-order valence-electron chi connectivity index (χ1n) is 12.7. The van der Waals surface area contributed by atoms with Crippen LogP contribution in [0.25, 0.3) is 10.9 Å². The predicted molar refractivity (Wildman–Crippen MR) is 141 cm³/mol. The van der Waals surface area contributed by atoms with E-state index in [-0.39, 0.29) is 29.1 Å². The Bertz CT molecular complexity index is 1410. The van der Waals surface area contributed by atoms with E-state index in [0.29, 0.717) is 23.3 Å². The van der Waals surface area contributed by atoms with Crippen molar-refractivity contribution >= 4 is 28.4 Å². The molecule has 0 spiro atoms. The molecule has 3 aromatic rings. The number of carbonyl (C=O) groups excluding carboxylic acids is 2. The van der Waals surface area contributed by atoms with Gasteiger partial charge < -0.3 is 15.5 Å². The van der Waals surface area contributed by atoms with Gasteiger partial charge in [-0.2, -0.15) is 5.26 Å². The molecule has 0 bridgehead atoms. The molecule has 1 aliphatic heterocycles. The third-order valence-corrected chi connectivity index (χ3v) is 8.01. The number of piperidine rings is 1. The number of amides is 2. The van der Waals surface area contributed by atoms with Gasteiger partial charge in [-0.3, -0.25) is 19.6 Å². The molecule has 5 atom stereocenters. The molecule has 2 fully saturated rings. The van der Waals surface area contributed by atoms with E-state index in [2.05, 4.69) is 50.5 Å². The average molecular weight is 513 g/mol. The van der Waals surface area contributed by atoms with Crippen molar-refractivity contribution in [2.45, 2.75) is 52.7 Å². The maximum Gasteiger partial charge on any atom is 0.246 e. The SMILES string of the molecule is CC(C)(C)[C@H](Nc1cncnc1)C(=O)N1C[C@H]2[C@@H]([C@H]1C(=O)NC(C#N)c1cncc3cccnc13)C2(C)C. The fraction of sp³-hybridized carbons (Fsp3) is 0.464. The molecule has 0 radical (unpaired) electrons. The summed E-state index contributed by atoms with van der Waals surface area (Å²) in [4.78, 5) is 46.3. The molecule has 196 valence electrons. The summed E-state index contributed by atoms with van der Waals surface area (Å²) < 4.78 is 0. The Hall–Kier alpha value is -4.13. The van der Waals surface area contributed by atoms with Gasteiger partial charge in [-0.25, -0.2) is 9.97 Å². The van der Waals surface area contributed by atoms with Crippen molar-refractivity contribution in [2.24, 2.45) is 22.7 Å². The minimum absolute atomic E-state index is 0.00948. The van der Waals surface area contributed by atoms with E-state index in [1.54, 1.807) is 42.0 Å². The fourth-order valence-corrected chi connectivity index (χ4v) is 5.81. The highest BCUT2D eigenvalue weighted by Gasteiger charge is 2.69. The lowest BCUT2D eigenvalue weighted by molar-refractivity contribution is -0.142. The van der Waals surface area contributed by atoms with Crippen molar-refractivity contribution < 1.29 is 9.59 Å². The Morgan fingerprint density at radius 1 is 1.16 bits per heavy atom. The predicted octanol–water partition coefficient (Wildman–Crippen LogP) is 3.11. The fourth-order valence-electron chi connectivity index (χ4n) is 5.81. The molecule has 10 heteroatoms. The van der Waals surface area contributed by atoms with E-state index >= 15 is 0 Å². The van der Waals surface area contributed by atoms with Crippen molar-refractivity contribution in [3.05, 3.63) is 55.0 Å². The Labute approximate surface area is 221 Å². The maximum atomic E-state index is 14.0. The molecular weight excluding hydrogens is 480 g/mol. The van der Waals surface area contributed by atoms with Crippen molar-refractivity contribution in [1.29, 1.82) is 5.26 Å². The van der Waals surface area contributed by atoms with Gasteiger partial charge >= 0.3 is 0 Å². The number of carbonyl (C=O) groups is 2. The van der Waals surface area contributed by atoms with Gasteiger partial charge in [-0.05, 0) is 34.8 Å². The van der Waals surface area contributed by atoms with Crippen LogP contribution in [0.1, 0.15) is 46.2 Å². The third kappa shape index (κ3) is 4.42. The number of anilines is 1. The normalized spacial score (nSPS) is 23.2. The van der Waals surface area contributed by atoms with E-state index in [0.717, 1.165) is 5.39 Å². The molecule has 10 nitrogen and oxygen atoms in total. The lowest BCUT2D eigenvalue weighted by Gasteiger charge is -2.38. The molecule has 4 heterocycles. The number of nitriles is 1. The Morgan fingerprint density at radius 3 is 2.58 bits per heavy atom. The number of aromatic nitrogens is 4. The molecule has 38 heavy (non-hydrogen) atoms. The van der Waals surface area contributed by atoms with Gasteiger partial charge in [-0.15, -0.1) is 0 Å². The van der Waals surface area contributed by atoms with Crippen LogP contribution in [-0.2, 0) is 9.59 Å². The minimum atomic E-state index is -0.954. The number of hydrogen-bond donors (Lipinski definition) is 2. The quantitative estimate of drug-likeness (QED) is 0.514. The van der Waals surface area contributed by atoms with Crippen LogP contribution in [0.2, 0.25) is 0 Å². The number of hydrogen-bond acceptors (Lipinski definition) is 8. The molecule has 1 saturated carbocycles. The van der Waals surface area contributed by atoms with E-state index in [1.165, 1.54) is 6.33 Å². The summed E-state index contributed by atoms with van der Waals surface area (Å²) in [5.74, 6) is -0.280. The first kappa shape index (κ1) is 25.5. The number of nitrogens with zero attached hydrogens (tertiary/aromatic N) is 6. The summed E-state index contributed by atoms with van der Waals surface area (Å²) in [6.45, 7) is 10.7. The number of nitrogens with one attached hydrogen (secondary N) is 2. The zero-order valence-electron chi connectivity index (χ0n) is 22.2. The van der Waals surface area contributed by atoms with Gasteiger partial charge in [0.2, 0.25) is 11.8 Å². The summed E-state index contributed by atoms with van der Waals surface area (Å²) in [5.41, 5.74) is 1.25. The van der Waals surface area contributed by atoms with Crippen molar-refractivity contribution in [1.82, 2.24) is 30.2 Å². The zero-order valence-corrected chi connectivity index (χ0v) is 22.2. The van der Waals surface area contributed by atoms with Gasteiger partial charge in [0.25, 0.3) is 0 Å². The Kier molecular flexibility index (Phi) is 6.25. The smallest absolute Gasteiger partial charge is 0.246 e. The third-order valence-electron chi connectivity index (χ3n) is 8.01. The van der Waals surface area contributed by atoms with Crippen molar-refractivity contribution in [3.8, 4) is 6.07 Å². The highest BCUT2D eigenvalue weighted by atomic mass is 16.2. The van der Waals surface area contributed by atoms with Crippen molar-refractivity contribution in [2.75, 3.05) is 11.9 Å². The van der Waals surface area contributed by atoms with Gasteiger partial charge in [0.05, 0.1) is 29.7 Å². The van der Waals surface area contributed by atoms with Crippen LogP contribution in [0.4, 0.5) is 5.69 Å². The summed E-state index contributed by atoms with van der Waals surface area (Å²) in [6, 6.07) is 3.61. The Morgan fingerprint density at radius 2 is 1.89 bits per heavy atom. The number of fused-ring (bicyclic) bond motifs is 2. The highest BCUT2D eigenvalue weighted by molar-refractivity contribution is 5.94. The molecule has 2 aliphatic rings. The lowest BCUT2D eigenvalue weighted by Crippen LogP contribution is -2.56. The molecule has 1 unspecified atom stereocenters. The van der Waals surface area contributed by atoms with Crippen LogP contribution in [0, 0.1) is 34.0 Å². The number of rotatable bonds is 6. The van der Waals surface area contributed by atoms with Crippen LogP contribution >= 0.6 is 0 Å². The molecule has 2 amide bonds. The highest BCUT2D eigenvalue weighted by Crippen LogP contribution is 2.65. The topological polar surface area (TPSA) is 137 Å². The van der Waals surface area contributed by atoms with Crippen LogP contribution < -0.4 is 10.6 Å². The second kappa shape index (κ2) is 9.31. The average Bonchev–Trinajstić information content (AvgIpc) is 3.22. The first-order chi connectivity index (χ1) is 18.0. The number of pyridine rings is 2. The molecule has 3 aromatic heterocycles. The second-order valence-electron chi connectivity index (χ2n) is 11.8. The summed E-state index contributed by atoms with van der Waals surface area (Å²) in [5, 5.41) is 17.0. The molecule has 5 rings (SSSR count). The Balaban J connectivity index is 1.43. The zero-order chi connectivity index (χ0) is 27.2. The molecule has 0 aromatic carbocycles. The van der Waals surface area contributed by atoms with Crippen LogP contribution in [-0.4, -0.2) is 55.3 Å². The van der Waals surface area contributed by atoms with Crippen LogP contribution in [0.5, 0.6) is 0 Å². The van der Waals surface area contributed by atoms with Gasteiger partial charge in [0, 0.05) is 36.1 Å².